The fourth-order valence-corrected chi connectivity index (χ4v) is 3.94. The monoisotopic (exact) mass is 296 g/mol. The average Bonchev–Trinajstić information content (AvgIpc) is 2.52. The first kappa shape index (κ1) is 16.8. The topological polar surface area (TPSA) is 52.6 Å². The van der Waals surface area contributed by atoms with Crippen LogP contribution < -0.4 is 5.32 Å². The third kappa shape index (κ3) is 5.59. The van der Waals surface area contributed by atoms with E-state index < -0.39 is 5.97 Å². The first-order valence-electron chi connectivity index (χ1n) is 8.83. The normalized spacial score (nSPS) is 27.9. The van der Waals surface area contributed by atoms with Crippen molar-refractivity contribution >= 4 is 5.97 Å². The van der Waals surface area contributed by atoms with Gasteiger partial charge in [0.1, 0.15) is 0 Å². The molecule has 2 atom stereocenters. The van der Waals surface area contributed by atoms with Crippen molar-refractivity contribution in [3.05, 3.63) is 0 Å². The molecule has 0 aliphatic heterocycles. The van der Waals surface area contributed by atoms with Crippen molar-refractivity contribution in [1.29, 1.82) is 0 Å². The molecule has 2 saturated carbocycles. The van der Waals surface area contributed by atoms with Crippen LogP contribution in [0.2, 0.25) is 0 Å². The summed E-state index contributed by atoms with van der Waals surface area (Å²) in [4.78, 5) is 13.6. The van der Waals surface area contributed by atoms with Crippen LogP contribution in [0.15, 0.2) is 0 Å². The number of hydrogen-bond donors (Lipinski definition) is 2. The van der Waals surface area contributed by atoms with Crippen molar-refractivity contribution in [3.8, 4) is 0 Å². The fourth-order valence-electron chi connectivity index (χ4n) is 3.94. The van der Waals surface area contributed by atoms with Gasteiger partial charge in [0, 0.05) is 12.1 Å². The summed E-state index contributed by atoms with van der Waals surface area (Å²) in [7, 11) is 2.26. The number of nitrogens with one attached hydrogen (secondary N) is 1. The minimum absolute atomic E-state index is 0.124. The van der Waals surface area contributed by atoms with E-state index in [2.05, 4.69) is 17.3 Å². The Labute approximate surface area is 129 Å². The van der Waals surface area contributed by atoms with Crippen LogP contribution in [0.1, 0.15) is 64.2 Å². The summed E-state index contributed by atoms with van der Waals surface area (Å²) in [6.07, 6.45) is 12.0. The maximum Gasteiger partial charge on any atom is 0.306 e. The minimum atomic E-state index is -0.612. The van der Waals surface area contributed by atoms with Crippen LogP contribution in [0.5, 0.6) is 0 Å². The molecular weight excluding hydrogens is 264 g/mol. The van der Waals surface area contributed by atoms with E-state index in [0.29, 0.717) is 6.04 Å². The van der Waals surface area contributed by atoms with E-state index in [1.165, 1.54) is 38.5 Å². The van der Waals surface area contributed by atoms with Crippen molar-refractivity contribution < 1.29 is 9.90 Å². The zero-order valence-corrected chi connectivity index (χ0v) is 13.5. The molecule has 2 fully saturated rings. The molecule has 0 radical (unpaired) electrons. The Hall–Kier alpha value is -0.610. The number of nitrogens with zero attached hydrogens (tertiary/aromatic N) is 1. The molecule has 2 unspecified atom stereocenters. The molecule has 4 heteroatoms. The molecule has 21 heavy (non-hydrogen) atoms. The van der Waals surface area contributed by atoms with Crippen LogP contribution in [0.25, 0.3) is 0 Å². The Morgan fingerprint density at radius 2 is 1.90 bits per heavy atom. The summed E-state index contributed by atoms with van der Waals surface area (Å²) < 4.78 is 0. The van der Waals surface area contributed by atoms with E-state index in [1.54, 1.807) is 0 Å². The predicted molar refractivity (Wildman–Crippen MR) is 85.5 cm³/mol. The minimum Gasteiger partial charge on any atom is -0.481 e. The van der Waals surface area contributed by atoms with Gasteiger partial charge in [-0.1, -0.05) is 25.7 Å². The van der Waals surface area contributed by atoms with Crippen LogP contribution >= 0.6 is 0 Å². The highest BCUT2D eigenvalue weighted by Gasteiger charge is 2.26. The molecule has 0 aromatic rings. The van der Waals surface area contributed by atoms with Gasteiger partial charge in [-0.15, -0.1) is 0 Å². The molecular formula is C17H32N2O2. The largest absolute Gasteiger partial charge is 0.481 e. The van der Waals surface area contributed by atoms with E-state index in [-0.39, 0.29) is 5.92 Å². The quantitative estimate of drug-likeness (QED) is 0.709. The smallest absolute Gasteiger partial charge is 0.306 e. The molecule has 0 spiro atoms. The maximum absolute atomic E-state index is 11.1. The predicted octanol–water partition coefficient (Wildman–Crippen LogP) is 2.87. The van der Waals surface area contributed by atoms with Gasteiger partial charge in [0.15, 0.2) is 0 Å². The Bertz CT molecular complexity index is 316. The Morgan fingerprint density at radius 3 is 2.62 bits per heavy atom. The fraction of sp³-hybridized carbons (Fsp3) is 0.941. The SMILES string of the molecule is CN(CCCNC1CCCC(C(=O)O)C1)C1CCCCC1. The Morgan fingerprint density at radius 1 is 1.14 bits per heavy atom. The number of rotatable bonds is 7. The number of carboxylic acid groups (broad SMARTS) is 1. The summed E-state index contributed by atoms with van der Waals surface area (Å²) in [5.74, 6) is -0.736. The lowest BCUT2D eigenvalue weighted by Gasteiger charge is -2.31. The highest BCUT2D eigenvalue weighted by molar-refractivity contribution is 5.70. The van der Waals surface area contributed by atoms with E-state index in [4.69, 9.17) is 5.11 Å². The number of carbonyl (C=O) groups is 1. The van der Waals surface area contributed by atoms with Gasteiger partial charge in [0.25, 0.3) is 0 Å². The molecule has 0 aromatic heterocycles. The van der Waals surface area contributed by atoms with Gasteiger partial charge < -0.3 is 15.3 Å². The van der Waals surface area contributed by atoms with Gasteiger partial charge in [-0.25, -0.2) is 0 Å². The van der Waals surface area contributed by atoms with Gasteiger partial charge in [0.2, 0.25) is 0 Å². The molecule has 0 saturated heterocycles. The summed E-state index contributed by atoms with van der Waals surface area (Å²) in [6, 6.07) is 1.21. The molecule has 122 valence electrons. The molecule has 2 aliphatic rings. The van der Waals surface area contributed by atoms with Gasteiger partial charge >= 0.3 is 5.97 Å². The van der Waals surface area contributed by atoms with Crippen molar-refractivity contribution in [2.75, 3.05) is 20.1 Å². The van der Waals surface area contributed by atoms with Crippen LogP contribution in [0.4, 0.5) is 0 Å². The zero-order valence-electron chi connectivity index (χ0n) is 13.5. The van der Waals surface area contributed by atoms with E-state index in [0.717, 1.165) is 44.8 Å². The van der Waals surface area contributed by atoms with E-state index >= 15 is 0 Å². The van der Waals surface area contributed by atoms with Gasteiger partial charge in [-0.3, -0.25) is 4.79 Å². The van der Waals surface area contributed by atoms with Crippen LogP contribution in [0.3, 0.4) is 0 Å². The molecule has 2 aliphatic carbocycles. The number of aliphatic carboxylic acids is 1. The Kier molecular flexibility index (Phi) is 6.97. The van der Waals surface area contributed by atoms with Crippen LogP contribution in [-0.2, 0) is 4.79 Å². The highest BCUT2D eigenvalue weighted by Crippen LogP contribution is 2.24. The van der Waals surface area contributed by atoms with E-state index in [9.17, 15) is 4.79 Å². The molecule has 0 amide bonds. The second kappa shape index (κ2) is 8.74. The van der Waals surface area contributed by atoms with Crippen molar-refractivity contribution in [2.45, 2.75) is 76.3 Å². The average molecular weight is 296 g/mol. The molecule has 2 rings (SSSR count). The summed E-state index contributed by atoms with van der Waals surface area (Å²) >= 11 is 0. The maximum atomic E-state index is 11.1. The van der Waals surface area contributed by atoms with Gasteiger partial charge in [-0.05, 0) is 58.7 Å². The Balaban J connectivity index is 1.57. The summed E-state index contributed by atoms with van der Waals surface area (Å²) in [6.45, 7) is 2.18. The standard InChI is InChI=1S/C17H32N2O2/c1-19(16-9-3-2-4-10-16)12-6-11-18-15-8-5-7-14(13-15)17(20)21/h14-16,18H,2-13H2,1H3,(H,20,21). The lowest BCUT2D eigenvalue weighted by Crippen LogP contribution is -2.39. The van der Waals surface area contributed by atoms with Gasteiger partial charge in [-0.2, -0.15) is 0 Å². The van der Waals surface area contributed by atoms with Crippen LogP contribution in [0, 0.1) is 5.92 Å². The second-order valence-electron chi connectivity index (χ2n) is 6.98. The highest BCUT2D eigenvalue weighted by atomic mass is 16.4. The second-order valence-corrected chi connectivity index (χ2v) is 6.98. The summed E-state index contributed by atoms with van der Waals surface area (Å²) in [5.41, 5.74) is 0. The van der Waals surface area contributed by atoms with Crippen molar-refractivity contribution in [1.82, 2.24) is 10.2 Å². The zero-order chi connectivity index (χ0) is 15.1. The third-order valence-electron chi connectivity index (χ3n) is 5.34. The lowest BCUT2D eigenvalue weighted by atomic mass is 9.86. The molecule has 2 N–H and O–H groups in total. The van der Waals surface area contributed by atoms with E-state index in [1.807, 2.05) is 0 Å². The van der Waals surface area contributed by atoms with Crippen molar-refractivity contribution in [2.24, 2.45) is 5.92 Å². The number of hydrogen-bond acceptors (Lipinski definition) is 3. The first-order chi connectivity index (χ1) is 10.2. The molecule has 0 heterocycles. The molecule has 0 bridgehead atoms. The third-order valence-corrected chi connectivity index (χ3v) is 5.34. The van der Waals surface area contributed by atoms with Crippen LogP contribution in [-0.4, -0.2) is 48.2 Å². The van der Waals surface area contributed by atoms with Crippen molar-refractivity contribution in [3.63, 3.8) is 0 Å². The lowest BCUT2D eigenvalue weighted by molar-refractivity contribution is -0.143. The molecule has 4 nitrogen and oxygen atoms in total. The molecule has 0 aromatic carbocycles. The first-order valence-corrected chi connectivity index (χ1v) is 8.83. The van der Waals surface area contributed by atoms with Gasteiger partial charge in [0.05, 0.1) is 5.92 Å². The summed E-state index contributed by atoms with van der Waals surface area (Å²) in [5, 5.41) is 12.7. The number of carboxylic acids is 1.